The number of hydrogen-bond acceptors (Lipinski definition) is 4. The average Bonchev–Trinajstić information content (AvgIpc) is 3.02. The molecule has 94 valence electrons. The van der Waals surface area contributed by atoms with Crippen molar-refractivity contribution in [1.82, 2.24) is 15.5 Å². The van der Waals surface area contributed by atoms with E-state index >= 15 is 0 Å². The molecule has 1 saturated carbocycles. The fraction of sp³-hybridized carbons (Fsp3) is 0.333. The third-order valence-electron chi connectivity index (χ3n) is 2.70. The Morgan fingerprint density at radius 1 is 1.39 bits per heavy atom. The lowest BCUT2D eigenvalue weighted by atomic mass is 10.2. The van der Waals surface area contributed by atoms with Crippen LogP contribution in [-0.4, -0.2) is 16.2 Å². The SMILES string of the molecule is Clc1cc(Br)cc(-c2nc(CNC3CC3)no2)c1. The van der Waals surface area contributed by atoms with E-state index in [1.54, 1.807) is 6.07 Å². The van der Waals surface area contributed by atoms with Gasteiger partial charge in [-0.15, -0.1) is 0 Å². The lowest BCUT2D eigenvalue weighted by Crippen LogP contribution is -2.16. The van der Waals surface area contributed by atoms with Crippen LogP contribution in [0.5, 0.6) is 0 Å². The van der Waals surface area contributed by atoms with Crippen LogP contribution in [0.1, 0.15) is 18.7 Å². The quantitative estimate of drug-likeness (QED) is 0.934. The molecule has 1 heterocycles. The predicted molar refractivity (Wildman–Crippen MR) is 72.3 cm³/mol. The minimum Gasteiger partial charge on any atom is -0.334 e. The van der Waals surface area contributed by atoms with Crippen molar-refractivity contribution in [3.63, 3.8) is 0 Å². The van der Waals surface area contributed by atoms with Gasteiger partial charge in [0.15, 0.2) is 5.82 Å². The molecule has 1 aromatic carbocycles. The van der Waals surface area contributed by atoms with Crippen molar-refractivity contribution in [1.29, 1.82) is 0 Å². The van der Waals surface area contributed by atoms with Crippen LogP contribution in [0, 0.1) is 0 Å². The monoisotopic (exact) mass is 327 g/mol. The highest BCUT2D eigenvalue weighted by Crippen LogP contribution is 2.26. The van der Waals surface area contributed by atoms with Gasteiger partial charge in [0.05, 0.1) is 6.54 Å². The van der Waals surface area contributed by atoms with E-state index < -0.39 is 0 Å². The number of rotatable bonds is 4. The van der Waals surface area contributed by atoms with Gasteiger partial charge in [-0.3, -0.25) is 0 Å². The van der Waals surface area contributed by atoms with Crippen LogP contribution in [0.2, 0.25) is 5.02 Å². The molecule has 3 rings (SSSR count). The summed E-state index contributed by atoms with van der Waals surface area (Å²) in [5.74, 6) is 1.17. The fourth-order valence-electron chi connectivity index (χ4n) is 1.64. The van der Waals surface area contributed by atoms with Crippen molar-refractivity contribution >= 4 is 27.5 Å². The largest absolute Gasteiger partial charge is 0.334 e. The van der Waals surface area contributed by atoms with Gasteiger partial charge in [-0.1, -0.05) is 32.7 Å². The van der Waals surface area contributed by atoms with E-state index in [-0.39, 0.29) is 0 Å². The summed E-state index contributed by atoms with van der Waals surface area (Å²) >= 11 is 9.37. The van der Waals surface area contributed by atoms with E-state index in [0.29, 0.717) is 29.3 Å². The summed E-state index contributed by atoms with van der Waals surface area (Å²) in [5, 5.41) is 7.92. The summed E-state index contributed by atoms with van der Waals surface area (Å²) in [6.07, 6.45) is 2.48. The Hall–Kier alpha value is -0.910. The van der Waals surface area contributed by atoms with Gasteiger partial charge in [-0.25, -0.2) is 0 Å². The molecule has 0 bridgehead atoms. The molecular weight excluding hydrogens is 318 g/mol. The minimum atomic E-state index is 0.491. The smallest absolute Gasteiger partial charge is 0.258 e. The highest BCUT2D eigenvalue weighted by atomic mass is 79.9. The van der Waals surface area contributed by atoms with E-state index in [4.69, 9.17) is 16.1 Å². The van der Waals surface area contributed by atoms with E-state index in [2.05, 4.69) is 31.4 Å². The summed E-state index contributed by atoms with van der Waals surface area (Å²) in [7, 11) is 0. The van der Waals surface area contributed by atoms with Crippen molar-refractivity contribution in [2.75, 3.05) is 0 Å². The highest BCUT2D eigenvalue weighted by molar-refractivity contribution is 9.10. The topological polar surface area (TPSA) is 51.0 Å². The zero-order valence-electron chi connectivity index (χ0n) is 9.49. The molecule has 1 aliphatic carbocycles. The van der Waals surface area contributed by atoms with Crippen LogP contribution in [0.15, 0.2) is 27.2 Å². The number of hydrogen-bond donors (Lipinski definition) is 1. The molecular formula is C12H11BrClN3O. The van der Waals surface area contributed by atoms with Gasteiger partial charge in [0, 0.05) is 21.1 Å². The third kappa shape index (κ3) is 2.91. The summed E-state index contributed by atoms with van der Waals surface area (Å²) in [6.45, 7) is 0.649. The van der Waals surface area contributed by atoms with Crippen LogP contribution in [0.3, 0.4) is 0 Å². The van der Waals surface area contributed by atoms with Crippen LogP contribution in [0.25, 0.3) is 11.5 Å². The first-order chi connectivity index (χ1) is 8.70. The number of aromatic nitrogens is 2. The number of halogens is 2. The Morgan fingerprint density at radius 2 is 2.22 bits per heavy atom. The predicted octanol–water partition coefficient (Wildman–Crippen LogP) is 3.40. The fourth-order valence-corrected chi connectivity index (χ4v) is 2.50. The van der Waals surface area contributed by atoms with Crippen molar-refractivity contribution in [3.05, 3.63) is 33.5 Å². The normalized spacial score (nSPS) is 15.0. The van der Waals surface area contributed by atoms with E-state index in [0.717, 1.165) is 10.0 Å². The molecule has 0 amide bonds. The lowest BCUT2D eigenvalue weighted by molar-refractivity contribution is 0.419. The maximum atomic E-state index is 5.99. The van der Waals surface area contributed by atoms with E-state index in [1.165, 1.54) is 12.8 Å². The van der Waals surface area contributed by atoms with E-state index in [1.807, 2.05) is 12.1 Å². The summed E-state index contributed by atoms with van der Waals surface area (Å²) in [4.78, 5) is 4.34. The van der Waals surface area contributed by atoms with Crippen molar-refractivity contribution < 1.29 is 4.52 Å². The molecule has 2 aromatic rings. The molecule has 4 nitrogen and oxygen atoms in total. The highest BCUT2D eigenvalue weighted by Gasteiger charge is 2.21. The number of nitrogens with one attached hydrogen (secondary N) is 1. The summed E-state index contributed by atoms with van der Waals surface area (Å²) < 4.78 is 6.12. The van der Waals surface area contributed by atoms with Crippen LogP contribution >= 0.6 is 27.5 Å². The molecule has 18 heavy (non-hydrogen) atoms. The molecule has 1 N–H and O–H groups in total. The van der Waals surface area contributed by atoms with Gasteiger partial charge in [0.25, 0.3) is 5.89 Å². The molecule has 0 unspecified atom stereocenters. The average molecular weight is 329 g/mol. The number of nitrogens with zero attached hydrogens (tertiary/aromatic N) is 2. The van der Waals surface area contributed by atoms with E-state index in [9.17, 15) is 0 Å². The molecule has 0 atom stereocenters. The van der Waals surface area contributed by atoms with Crippen molar-refractivity contribution in [3.8, 4) is 11.5 Å². The molecule has 0 aliphatic heterocycles. The molecule has 6 heteroatoms. The minimum absolute atomic E-state index is 0.491. The van der Waals surface area contributed by atoms with Crippen molar-refractivity contribution in [2.45, 2.75) is 25.4 Å². The van der Waals surface area contributed by atoms with Gasteiger partial charge in [-0.2, -0.15) is 4.98 Å². The third-order valence-corrected chi connectivity index (χ3v) is 3.38. The maximum Gasteiger partial charge on any atom is 0.258 e. The molecule has 0 spiro atoms. The second kappa shape index (κ2) is 4.99. The zero-order valence-corrected chi connectivity index (χ0v) is 11.8. The first kappa shape index (κ1) is 12.1. The first-order valence-corrected chi connectivity index (χ1v) is 6.90. The number of benzene rings is 1. The molecule has 1 aromatic heterocycles. The summed E-state index contributed by atoms with van der Waals surface area (Å²) in [6, 6.07) is 6.15. The maximum absolute atomic E-state index is 5.99. The van der Waals surface area contributed by atoms with Gasteiger partial charge in [0.1, 0.15) is 0 Å². The first-order valence-electron chi connectivity index (χ1n) is 5.73. The van der Waals surface area contributed by atoms with Gasteiger partial charge in [-0.05, 0) is 31.0 Å². The second-order valence-corrected chi connectivity index (χ2v) is 5.68. The molecule has 1 fully saturated rings. The van der Waals surface area contributed by atoms with Crippen LogP contribution in [0.4, 0.5) is 0 Å². The Balaban J connectivity index is 1.78. The summed E-state index contributed by atoms with van der Waals surface area (Å²) in [5.41, 5.74) is 0.819. The molecule has 0 radical (unpaired) electrons. The van der Waals surface area contributed by atoms with Crippen molar-refractivity contribution in [2.24, 2.45) is 0 Å². The van der Waals surface area contributed by atoms with Crippen LogP contribution in [-0.2, 0) is 6.54 Å². The molecule has 0 saturated heterocycles. The zero-order chi connectivity index (χ0) is 12.5. The Bertz CT molecular complexity index is 548. The van der Waals surface area contributed by atoms with Gasteiger partial charge >= 0.3 is 0 Å². The molecule has 1 aliphatic rings. The standard InChI is InChI=1S/C12H11BrClN3O/c13-8-3-7(4-9(14)5-8)12-16-11(17-18-12)6-15-10-1-2-10/h3-5,10,15H,1-2,6H2. The lowest BCUT2D eigenvalue weighted by Gasteiger charge is -1.97. The van der Waals surface area contributed by atoms with Gasteiger partial charge < -0.3 is 9.84 Å². The van der Waals surface area contributed by atoms with Gasteiger partial charge in [0.2, 0.25) is 0 Å². The second-order valence-electron chi connectivity index (χ2n) is 4.33. The Morgan fingerprint density at radius 3 is 2.94 bits per heavy atom. The Labute approximate surface area is 118 Å². The van der Waals surface area contributed by atoms with Crippen LogP contribution < -0.4 is 5.32 Å². The Kier molecular flexibility index (Phi) is 3.37.